The Labute approximate surface area is 114 Å². The first-order valence-electron chi connectivity index (χ1n) is 6.20. The molecule has 6 heteroatoms. The lowest BCUT2D eigenvalue weighted by molar-refractivity contribution is 0.580. The van der Waals surface area contributed by atoms with Gasteiger partial charge < -0.3 is 5.32 Å². The highest BCUT2D eigenvalue weighted by molar-refractivity contribution is 5.45. The number of benzene rings is 1. The summed E-state index contributed by atoms with van der Waals surface area (Å²) < 4.78 is 27.7. The maximum atomic E-state index is 13.0. The fourth-order valence-electron chi connectivity index (χ4n) is 2.00. The van der Waals surface area contributed by atoms with Crippen molar-refractivity contribution in [1.29, 1.82) is 0 Å². The number of rotatable bonds is 4. The van der Waals surface area contributed by atoms with E-state index in [1.807, 2.05) is 0 Å². The molecule has 2 heterocycles. The van der Waals surface area contributed by atoms with Crippen LogP contribution in [0.15, 0.2) is 42.7 Å². The number of aromatic nitrogens is 3. The number of nitrogens with one attached hydrogen (secondary N) is 1. The third-order valence-corrected chi connectivity index (χ3v) is 2.90. The predicted molar refractivity (Wildman–Crippen MR) is 71.5 cm³/mol. The molecule has 1 N–H and O–H groups in total. The second-order valence-corrected chi connectivity index (χ2v) is 4.40. The van der Waals surface area contributed by atoms with Crippen LogP contribution in [0.25, 0.3) is 5.65 Å². The molecule has 0 aliphatic carbocycles. The van der Waals surface area contributed by atoms with Crippen molar-refractivity contribution in [3.8, 4) is 0 Å². The van der Waals surface area contributed by atoms with Gasteiger partial charge in [0.05, 0.1) is 6.20 Å². The minimum Gasteiger partial charge on any atom is -0.370 e. The van der Waals surface area contributed by atoms with Crippen LogP contribution in [0.5, 0.6) is 0 Å². The first kappa shape index (κ1) is 12.5. The average molecular weight is 274 g/mol. The van der Waals surface area contributed by atoms with Crippen molar-refractivity contribution in [1.82, 2.24) is 14.6 Å². The number of anilines is 1. The molecule has 2 aromatic heterocycles. The monoisotopic (exact) mass is 274 g/mol. The van der Waals surface area contributed by atoms with Crippen LogP contribution in [0.2, 0.25) is 0 Å². The molecule has 0 fully saturated rings. The Morgan fingerprint density at radius 2 is 1.90 bits per heavy atom. The first-order chi connectivity index (χ1) is 9.70. The molecule has 3 aromatic rings. The summed E-state index contributed by atoms with van der Waals surface area (Å²) in [4.78, 5) is 4.34. The summed E-state index contributed by atoms with van der Waals surface area (Å²) in [6.45, 7) is 0.542. The SMILES string of the molecule is Fc1cc(F)cc(CCNc2ccn3nccc3n2)c1. The Kier molecular flexibility index (Phi) is 3.28. The molecule has 3 rings (SSSR count). The molecule has 20 heavy (non-hydrogen) atoms. The Hall–Kier alpha value is -2.50. The van der Waals surface area contributed by atoms with Gasteiger partial charge in [-0.2, -0.15) is 5.10 Å². The van der Waals surface area contributed by atoms with Crippen LogP contribution >= 0.6 is 0 Å². The third kappa shape index (κ3) is 2.74. The summed E-state index contributed by atoms with van der Waals surface area (Å²) in [5.41, 5.74) is 1.35. The molecule has 102 valence electrons. The van der Waals surface area contributed by atoms with Gasteiger partial charge in [0, 0.05) is 24.9 Å². The van der Waals surface area contributed by atoms with Crippen LogP contribution in [0.1, 0.15) is 5.56 Å². The van der Waals surface area contributed by atoms with Crippen molar-refractivity contribution < 1.29 is 8.78 Å². The third-order valence-electron chi connectivity index (χ3n) is 2.90. The summed E-state index contributed by atoms with van der Waals surface area (Å²) >= 11 is 0. The van der Waals surface area contributed by atoms with Crippen molar-refractivity contribution in [2.75, 3.05) is 11.9 Å². The van der Waals surface area contributed by atoms with E-state index in [-0.39, 0.29) is 0 Å². The molecule has 1 aromatic carbocycles. The molecule has 0 saturated heterocycles. The molecule has 0 amide bonds. The lowest BCUT2D eigenvalue weighted by Crippen LogP contribution is -2.07. The highest BCUT2D eigenvalue weighted by atomic mass is 19.1. The van der Waals surface area contributed by atoms with Crippen LogP contribution in [-0.4, -0.2) is 21.1 Å². The fraction of sp³-hybridized carbons (Fsp3) is 0.143. The van der Waals surface area contributed by atoms with Gasteiger partial charge in [0.15, 0.2) is 5.65 Å². The largest absolute Gasteiger partial charge is 0.370 e. The Bertz CT molecular complexity index is 719. The molecule has 0 aliphatic rings. The average Bonchev–Trinajstić information content (AvgIpc) is 2.85. The van der Waals surface area contributed by atoms with Gasteiger partial charge in [0.1, 0.15) is 17.5 Å². The zero-order valence-electron chi connectivity index (χ0n) is 10.6. The van der Waals surface area contributed by atoms with Crippen molar-refractivity contribution in [2.45, 2.75) is 6.42 Å². The molecule has 0 spiro atoms. The summed E-state index contributed by atoms with van der Waals surface area (Å²) in [6.07, 6.45) is 3.98. The van der Waals surface area contributed by atoms with Gasteiger partial charge in [0.25, 0.3) is 0 Å². The topological polar surface area (TPSA) is 42.2 Å². The maximum Gasteiger partial charge on any atom is 0.157 e. The fourth-order valence-corrected chi connectivity index (χ4v) is 2.00. The van der Waals surface area contributed by atoms with Gasteiger partial charge in [-0.3, -0.25) is 0 Å². The number of fused-ring (bicyclic) bond motifs is 1. The van der Waals surface area contributed by atoms with E-state index in [0.717, 1.165) is 11.7 Å². The first-order valence-corrected chi connectivity index (χ1v) is 6.20. The Morgan fingerprint density at radius 3 is 2.70 bits per heavy atom. The summed E-state index contributed by atoms with van der Waals surface area (Å²) in [5, 5.41) is 7.17. The highest BCUT2D eigenvalue weighted by Gasteiger charge is 2.02. The van der Waals surface area contributed by atoms with E-state index in [1.165, 1.54) is 12.1 Å². The molecule has 0 radical (unpaired) electrons. The quantitative estimate of drug-likeness (QED) is 0.795. The number of nitrogens with zero attached hydrogens (tertiary/aromatic N) is 3. The molecule has 4 nitrogen and oxygen atoms in total. The second-order valence-electron chi connectivity index (χ2n) is 4.40. The Morgan fingerprint density at radius 1 is 1.10 bits per heavy atom. The lowest BCUT2D eigenvalue weighted by atomic mass is 10.1. The van der Waals surface area contributed by atoms with Gasteiger partial charge in [-0.25, -0.2) is 18.3 Å². The van der Waals surface area contributed by atoms with Crippen LogP contribution in [0.3, 0.4) is 0 Å². The lowest BCUT2D eigenvalue weighted by Gasteiger charge is -2.06. The van der Waals surface area contributed by atoms with Crippen LogP contribution in [0.4, 0.5) is 14.6 Å². The molecular formula is C14H12F2N4. The minimum absolute atomic E-state index is 0.515. The van der Waals surface area contributed by atoms with Gasteiger partial charge in [-0.1, -0.05) is 0 Å². The summed E-state index contributed by atoms with van der Waals surface area (Å²) in [6, 6.07) is 7.13. The van der Waals surface area contributed by atoms with E-state index in [4.69, 9.17) is 0 Å². The van der Waals surface area contributed by atoms with Crippen molar-refractivity contribution >= 4 is 11.5 Å². The zero-order valence-corrected chi connectivity index (χ0v) is 10.6. The smallest absolute Gasteiger partial charge is 0.157 e. The van der Waals surface area contributed by atoms with Gasteiger partial charge in [-0.15, -0.1) is 0 Å². The zero-order chi connectivity index (χ0) is 13.9. The minimum atomic E-state index is -0.557. The van der Waals surface area contributed by atoms with E-state index < -0.39 is 11.6 Å². The van der Waals surface area contributed by atoms with E-state index in [2.05, 4.69) is 15.4 Å². The van der Waals surface area contributed by atoms with E-state index in [9.17, 15) is 8.78 Å². The molecule has 0 saturated carbocycles. The molecule has 0 aliphatic heterocycles. The molecular weight excluding hydrogens is 262 g/mol. The second kappa shape index (κ2) is 5.24. The van der Waals surface area contributed by atoms with Gasteiger partial charge in [0.2, 0.25) is 0 Å². The summed E-state index contributed by atoms with van der Waals surface area (Å²) in [7, 11) is 0. The van der Waals surface area contributed by atoms with E-state index >= 15 is 0 Å². The van der Waals surface area contributed by atoms with Gasteiger partial charge in [-0.05, 0) is 30.2 Å². The maximum absolute atomic E-state index is 13.0. The van der Waals surface area contributed by atoms with E-state index in [1.54, 1.807) is 29.0 Å². The molecule has 0 unspecified atom stereocenters. The normalized spacial score (nSPS) is 10.9. The Balaban J connectivity index is 1.64. The van der Waals surface area contributed by atoms with Crippen molar-refractivity contribution in [2.24, 2.45) is 0 Å². The summed E-state index contributed by atoms with van der Waals surface area (Å²) in [5.74, 6) is -0.410. The van der Waals surface area contributed by atoms with Crippen molar-refractivity contribution in [3.05, 3.63) is 59.9 Å². The van der Waals surface area contributed by atoms with Crippen molar-refractivity contribution in [3.63, 3.8) is 0 Å². The van der Waals surface area contributed by atoms with Crippen LogP contribution in [-0.2, 0) is 6.42 Å². The van der Waals surface area contributed by atoms with Crippen LogP contribution in [0, 0.1) is 11.6 Å². The number of hydrogen-bond donors (Lipinski definition) is 1. The standard InChI is InChI=1S/C14H12F2N4/c15-11-7-10(8-12(16)9-11)1-4-17-13-3-6-20-14(19-13)2-5-18-20/h2-3,5-9H,1,4H2,(H,17,19). The molecule has 0 bridgehead atoms. The molecule has 0 atom stereocenters. The number of halogens is 2. The number of hydrogen-bond acceptors (Lipinski definition) is 3. The van der Waals surface area contributed by atoms with Crippen LogP contribution < -0.4 is 5.32 Å². The predicted octanol–water partition coefficient (Wildman–Crippen LogP) is 2.66. The van der Waals surface area contributed by atoms with E-state index in [0.29, 0.717) is 24.3 Å². The van der Waals surface area contributed by atoms with Gasteiger partial charge >= 0.3 is 0 Å². The highest BCUT2D eigenvalue weighted by Crippen LogP contribution is 2.10.